The number of nitrogens with one attached hydrogen (secondary N) is 1. The molecule has 3 rings (SSSR count). The summed E-state index contributed by atoms with van der Waals surface area (Å²) in [6, 6.07) is 6.93. The average molecular weight is 417 g/mol. The predicted octanol–water partition coefficient (Wildman–Crippen LogP) is 1.52. The lowest BCUT2D eigenvalue weighted by atomic mass is 9.92. The Kier molecular flexibility index (Phi) is 6.03. The number of esters is 2. The van der Waals surface area contributed by atoms with E-state index in [9.17, 15) is 9.59 Å². The first kappa shape index (κ1) is 20.2. The van der Waals surface area contributed by atoms with Gasteiger partial charge in [0.25, 0.3) is 0 Å². The number of allylic oxidation sites excluding steroid dienone is 2. The van der Waals surface area contributed by atoms with Gasteiger partial charge in [-0.1, -0.05) is 24.6 Å². The molecule has 0 saturated heterocycles. The van der Waals surface area contributed by atoms with Gasteiger partial charge in [0.1, 0.15) is 5.70 Å². The van der Waals surface area contributed by atoms with Crippen LogP contribution in [0.2, 0.25) is 5.02 Å². The third-order valence-electron chi connectivity index (χ3n) is 4.14. The summed E-state index contributed by atoms with van der Waals surface area (Å²) in [7, 11) is 2.51. The molecule has 2 aromatic rings. The maximum atomic E-state index is 12.1. The minimum Gasteiger partial charge on any atom is -0.464 e. The number of nitrogens with zero attached hydrogens (tertiary/aromatic N) is 5. The molecule has 1 aromatic carbocycles. The van der Waals surface area contributed by atoms with Crippen molar-refractivity contribution in [3.63, 3.8) is 0 Å². The lowest BCUT2D eigenvalue weighted by Gasteiger charge is -2.22. The van der Waals surface area contributed by atoms with E-state index >= 15 is 0 Å². The Bertz CT molecular complexity index is 1030. The first-order valence-electron chi connectivity index (χ1n) is 8.43. The summed E-state index contributed by atoms with van der Waals surface area (Å²) in [6.07, 6.45) is 3.17. The number of hydrazone groups is 1. The second-order valence-corrected chi connectivity index (χ2v) is 6.33. The maximum absolute atomic E-state index is 12.1. The first-order chi connectivity index (χ1) is 13.9. The van der Waals surface area contributed by atoms with E-state index in [-0.39, 0.29) is 11.4 Å². The molecular formula is C18H17ClN6O4. The van der Waals surface area contributed by atoms with Gasteiger partial charge in [-0.05, 0) is 41.1 Å². The molecule has 1 aromatic heterocycles. The van der Waals surface area contributed by atoms with Crippen LogP contribution >= 0.6 is 11.6 Å². The van der Waals surface area contributed by atoms with Crippen LogP contribution in [0, 0.1) is 5.92 Å². The molecule has 0 radical (unpaired) electrons. The average Bonchev–Trinajstić information content (AvgIpc) is 3.21. The molecule has 0 spiro atoms. The van der Waals surface area contributed by atoms with Gasteiger partial charge in [-0.3, -0.25) is 5.43 Å². The zero-order valence-corrected chi connectivity index (χ0v) is 16.5. The predicted molar refractivity (Wildman–Crippen MR) is 104 cm³/mol. The number of rotatable bonds is 5. The molecular weight excluding hydrogens is 400 g/mol. The van der Waals surface area contributed by atoms with Crippen LogP contribution in [0.25, 0.3) is 11.8 Å². The molecule has 1 aliphatic rings. The Hall–Kier alpha value is -3.53. The highest BCUT2D eigenvalue weighted by molar-refractivity contribution is 6.38. The van der Waals surface area contributed by atoms with E-state index in [1.807, 2.05) is 0 Å². The highest BCUT2D eigenvalue weighted by Gasteiger charge is 2.31. The van der Waals surface area contributed by atoms with Crippen LogP contribution in [-0.2, 0) is 19.1 Å². The van der Waals surface area contributed by atoms with E-state index in [1.165, 1.54) is 19.0 Å². The molecule has 2 heterocycles. The number of carbonyl (C=O) groups excluding carboxylic acids is 2. The van der Waals surface area contributed by atoms with Crippen molar-refractivity contribution in [1.29, 1.82) is 0 Å². The number of aromatic nitrogens is 4. The number of benzene rings is 1. The Morgan fingerprint density at radius 3 is 2.48 bits per heavy atom. The number of ether oxygens (including phenoxy) is 2. The lowest BCUT2D eigenvalue weighted by Crippen LogP contribution is -2.35. The Labute approximate surface area is 170 Å². The highest BCUT2D eigenvalue weighted by Crippen LogP contribution is 2.23. The zero-order valence-electron chi connectivity index (χ0n) is 15.8. The smallest absolute Gasteiger partial charge is 0.356 e. The fourth-order valence-corrected chi connectivity index (χ4v) is 2.73. The van der Waals surface area contributed by atoms with Crippen LogP contribution in [0.1, 0.15) is 12.7 Å². The summed E-state index contributed by atoms with van der Waals surface area (Å²) < 4.78 is 9.51. The minimum atomic E-state index is -0.623. The van der Waals surface area contributed by atoms with E-state index in [1.54, 1.807) is 43.3 Å². The zero-order chi connectivity index (χ0) is 21.0. The SMILES string of the molecule is COC(=O)C1=NNC(C(=O)OC)=C(/C=C/c2nnn(-c3ccc(Cl)cc3)n2)C1C. The number of methoxy groups -OCH3 is 2. The largest absolute Gasteiger partial charge is 0.464 e. The van der Waals surface area contributed by atoms with Gasteiger partial charge in [0.15, 0.2) is 11.5 Å². The van der Waals surface area contributed by atoms with Gasteiger partial charge < -0.3 is 9.47 Å². The van der Waals surface area contributed by atoms with Gasteiger partial charge >= 0.3 is 11.9 Å². The normalized spacial score (nSPS) is 16.4. The van der Waals surface area contributed by atoms with Crippen molar-refractivity contribution in [2.24, 2.45) is 11.0 Å². The molecule has 0 fully saturated rings. The second kappa shape index (κ2) is 8.65. The topological polar surface area (TPSA) is 121 Å². The lowest BCUT2D eigenvalue weighted by molar-refractivity contribution is -0.137. The van der Waals surface area contributed by atoms with Gasteiger partial charge in [0, 0.05) is 10.9 Å². The molecule has 1 N–H and O–H groups in total. The second-order valence-electron chi connectivity index (χ2n) is 5.89. The summed E-state index contributed by atoms with van der Waals surface area (Å²) in [5.74, 6) is -1.46. The summed E-state index contributed by atoms with van der Waals surface area (Å²) in [5, 5.41) is 16.7. The molecule has 0 amide bonds. The number of halogens is 1. The van der Waals surface area contributed by atoms with Crippen LogP contribution < -0.4 is 5.43 Å². The van der Waals surface area contributed by atoms with Gasteiger partial charge in [0.2, 0.25) is 0 Å². The number of carbonyl (C=O) groups is 2. The van der Waals surface area contributed by atoms with Crippen molar-refractivity contribution in [2.75, 3.05) is 14.2 Å². The van der Waals surface area contributed by atoms with Crippen molar-refractivity contribution < 1.29 is 19.1 Å². The van der Waals surface area contributed by atoms with E-state index in [4.69, 9.17) is 21.1 Å². The van der Waals surface area contributed by atoms with Crippen molar-refractivity contribution in [3.05, 3.63) is 52.5 Å². The molecule has 0 bridgehead atoms. The highest BCUT2D eigenvalue weighted by atomic mass is 35.5. The van der Waals surface area contributed by atoms with Crippen LogP contribution in [0.15, 0.2) is 46.7 Å². The van der Waals surface area contributed by atoms with Crippen LogP contribution in [0.5, 0.6) is 0 Å². The summed E-state index contributed by atoms with van der Waals surface area (Å²) in [6.45, 7) is 1.72. The number of hydrogen-bond acceptors (Lipinski definition) is 9. The summed E-state index contributed by atoms with van der Waals surface area (Å²) in [4.78, 5) is 25.3. The molecule has 29 heavy (non-hydrogen) atoms. The number of tetrazole rings is 1. The molecule has 1 atom stereocenters. The van der Waals surface area contributed by atoms with Gasteiger partial charge in [-0.15, -0.1) is 15.0 Å². The van der Waals surface area contributed by atoms with Crippen molar-refractivity contribution in [2.45, 2.75) is 6.92 Å². The monoisotopic (exact) mass is 416 g/mol. The van der Waals surface area contributed by atoms with E-state index in [0.717, 1.165) is 0 Å². The molecule has 0 saturated carbocycles. The third-order valence-corrected chi connectivity index (χ3v) is 4.39. The van der Waals surface area contributed by atoms with Crippen molar-refractivity contribution >= 4 is 35.3 Å². The quantitative estimate of drug-likeness (QED) is 0.728. The molecule has 11 heteroatoms. The van der Waals surface area contributed by atoms with Gasteiger partial charge in [-0.2, -0.15) is 5.10 Å². The van der Waals surface area contributed by atoms with Gasteiger partial charge in [0.05, 0.1) is 19.9 Å². The molecule has 1 aliphatic heterocycles. The summed E-state index contributed by atoms with van der Waals surface area (Å²) >= 11 is 5.88. The molecule has 10 nitrogen and oxygen atoms in total. The minimum absolute atomic E-state index is 0.106. The Morgan fingerprint density at radius 1 is 1.14 bits per heavy atom. The van der Waals surface area contributed by atoms with E-state index in [2.05, 4.69) is 25.9 Å². The molecule has 0 aliphatic carbocycles. The van der Waals surface area contributed by atoms with Crippen LogP contribution in [0.4, 0.5) is 0 Å². The molecule has 1 unspecified atom stereocenters. The third kappa shape index (κ3) is 4.32. The van der Waals surface area contributed by atoms with Gasteiger partial charge in [-0.25, -0.2) is 9.59 Å². The summed E-state index contributed by atoms with van der Waals surface area (Å²) in [5.41, 5.74) is 3.94. The maximum Gasteiger partial charge on any atom is 0.356 e. The Morgan fingerprint density at radius 2 is 1.83 bits per heavy atom. The Balaban J connectivity index is 1.89. The number of hydrogen-bond donors (Lipinski definition) is 1. The van der Waals surface area contributed by atoms with Crippen LogP contribution in [0.3, 0.4) is 0 Å². The standard InChI is InChI=1S/C18H17ClN6O4/c1-10-13(16(18(27)29-3)22-21-15(10)17(26)28-2)8-9-14-20-24-25(23-14)12-6-4-11(19)5-7-12/h4-10,22H,1-3H3/b9-8+. The van der Waals surface area contributed by atoms with E-state index < -0.39 is 17.9 Å². The fourth-order valence-electron chi connectivity index (χ4n) is 2.60. The molecule has 150 valence electrons. The van der Waals surface area contributed by atoms with Crippen LogP contribution in [-0.4, -0.2) is 52.1 Å². The van der Waals surface area contributed by atoms with E-state index in [0.29, 0.717) is 22.1 Å². The van der Waals surface area contributed by atoms with Crippen molar-refractivity contribution in [3.8, 4) is 5.69 Å². The van der Waals surface area contributed by atoms with Crippen molar-refractivity contribution in [1.82, 2.24) is 25.6 Å². The first-order valence-corrected chi connectivity index (χ1v) is 8.80. The fraction of sp³-hybridized carbons (Fsp3) is 0.222.